The lowest BCUT2D eigenvalue weighted by Crippen LogP contribution is -2.61. The Balaban J connectivity index is 1.25. The summed E-state index contributed by atoms with van der Waals surface area (Å²) in [6, 6.07) is 98.0. The van der Waals surface area contributed by atoms with Gasteiger partial charge in [-0.25, -0.2) is 0 Å². The lowest BCUT2D eigenvalue weighted by Gasteiger charge is -2.46. The molecule has 0 aliphatic carbocycles. The molecule has 0 saturated carbocycles. The molecular weight excluding hydrogens is 1290 g/mol. The van der Waals surface area contributed by atoms with Crippen molar-refractivity contribution in [2.75, 3.05) is 9.80 Å². The van der Waals surface area contributed by atoms with Crippen LogP contribution in [0.25, 0.3) is 77.9 Å². The Morgan fingerprint density at radius 2 is 0.486 bits per heavy atom. The Kier molecular flexibility index (Phi) is 18.4. The van der Waals surface area contributed by atoms with Crippen molar-refractivity contribution in [3.05, 3.63) is 293 Å². The van der Waals surface area contributed by atoms with Gasteiger partial charge in [0.1, 0.15) is 0 Å². The molecule has 0 fully saturated rings. The first-order chi connectivity index (χ1) is 50.1. The maximum absolute atomic E-state index is 2.76. The summed E-state index contributed by atoms with van der Waals surface area (Å²) in [4.78, 5) is 5.52. The Labute approximate surface area is 643 Å². The molecule has 0 atom stereocenters. The minimum absolute atomic E-state index is 0.0845. The number of anilines is 6. The smallest absolute Gasteiger partial charge is 0.252 e. The van der Waals surface area contributed by atoms with Gasteiger partial charge in [-0.1, -0.05) is 366 Å². The van der Waals surface area contributed by atoms with Gasteiger partial charge >= 0.3 is 0 Å². The normalized spacial score (nSPS) is 13.6. The summed E-state index contributed by atoms with van der Waals surface area (Å²) in [7, 11) is 0. The maximum atomic E-state index is 2.76. The molecule has 2 nitrogen and oxygen atoms in total. The molecule has 14 rings (SSSR count). The highest BCUT2D eigenvalue weighted by atomic mass is 15.2. The summed E-state index contributed by atoms with van der Waals surface area (Å²) in [5, 5.41) is 0. The first-order valence-electron chi connectivity index (χ1n) is 39.2. The minimum atomic E-state index is -0.277. The highest BCUT2D eigenvalue weighted by Crippen LogP contribution is 2.56. The van der Waals surface area contributed by atoms with E-state index in [1.165, 1.54) is 139 Å². The van der Waals surface area contributed by atoms with Gasteiger partial charge in [-0.3, -0.25) is 0 Å². The van der Waals surface area contributed by atoms with E-state index in [2.05, 4.69) is 425 Å². The third-order valence-electron chi connectivity index (χ3n) is 22.8. The van der Waals surface area contributed by atoms with E-state index < -0.39 is 0 Å². The molecule has 0 amide bonds. The van der Waals surface area contributed by atoms with Crippen LogP contribution in [0.15, 0.2) is 249 Å². The van der Waals surface area contributed by atoms with Gasteiger partial charge in [0.15, 0.2) is 0 Å². The van der Waals surface area contributed by atoms with Crippen LogP contribution >= 0.6 is 0 Å². The molecule has 0 spiro atoms. The Morgan fingerprint density at radius 3 is 0.766 bits per heavy atom. The van der Waals surface area contributed by atoms with E-state index in [0.717, 1.165) is 34.1 Å². The first kappa shape index (κ1) is 74.2. The van der Waals surface area contributed by atoms with Gasteiger partial charge in [0.2, 0.25) is 0 Å². The van der Waals surface area contributed by atoms with E-state index in [0.29, 0.717) is 0 Å². The summed E-state index contributed by atoms with van der Waals surface area (Å²) in [5.41, 5.74) is 36.8. The quantitative estimate of drug-likeness (QED) is 0.133. The Morgan fingerprint density at radius 1 is 0.196 bits per heavy atom. The van der Waals surface area contributed by atoms with Crippen LogP contribution in [-0.2, 0) is 43.3 Å². The first-order valence-corrected chi connectivity index (χ1v) is 39.2. The summed E-state index contributed by atoms with van der Waals surface area (Å²) in [5.74, 6) is 0. The van der Waals surface area contributed by atoms with Crippen molar-refractivity contribution in [2.45, 2.75) is 209 Å². The van der Waals surface area contributed by atoms with E-state index in [1.807, 2.05) is 0 Å². The third-order valence-corrected chi connectivity index (χ3v) is 22.8. The highest BCUT2D eigenvalue weighted by molar-refractivity contribution is 7.00. The van der Waals surface area contributed by atoms with Gasteiger partial charge in [0, 0.05) is 45.0 Å². The van der Waals surface area contributed by atoms with Gasteiger partial charge < -0.3 is 9.80 Å². The molecule has 12 aromatic rings. The van der Waals surface area contributed by atoms with Crippen LogP contribution in [0.3, 0.4) is 0 Å². The van der Waals surface area contributed by atoms with Crippen LogP contribution in [0.5, 0.6) is 0 Å². The number of hydrogen-bond donors (Lipinski definition) is 0. The number of hydrogen-bond acceptors (Lipinski definition) is 2. The number of rotatable bonds is 9. The zero-order valence-electron chi connectivity index (χ0n) is 68.6. The maximum Gasteiger partial charge on any atom is 0.252 e. The summed E-state index contributed by atoms with van der Waals surface area (Å²) < 4.78 is 0. The van der Waals surface area contributed by atoms with E-state index in [-0.39, 0.29) is 50.0 Å². The van der Waals surface area contributed by atoms with Crippen LogP contribution in [0.2, 0.25) is 0 Å². The largest absolute Gasteiger partial charge is 0.310 e. The van der Waals surface area contributed by atoms with Crippen LogP contribution in [0.1, 0.15) is 211 Å². The molecule has 12 aromatic carbocycles. The van der Waals surface area contributed by atoms with E-state index in [9.17, 15) is 0 Å². The zero-order valence-corrected chi connectivity index (χ0v) is 68.6. The highest BCUT2D eigenvalue weighted by Gasteiger charge is 2.47. The van der Waals surface area contributed by atoms with Crippen molar-refractivity contribution in [1.29, 1.82) is 0 Å². The second kappa shape index (κ2) is 26.6. The third kappa shape index (κ3) is 14.2. The molecule has 0 N–H and O–H groups in total. The summed E-state index contributed by atoms with van der Waals surface area (Å²) >= 11 is 0. The Bertz CT molecular complexity index is 4900. The molecule has 0 bridgehead atoms. The predicted molar refractivity (Wildman–Crippen MR) is 468 cm³/mol. The van der Waals surface area contributed by atoms with Crippen LogP contribution < -0.4 is 26.2 Å². The van der Waals surface area contributed by atoms with E-state index in [4.69, 9.17) is 0 Å². The molecule has 3 heteroatoms. The van der Waals surface area contributed by atoms with Crippen molar-refractivity contribution in [3.8, 4) is 77.9 Å². The molecule has 2 aliphatic heterocycles. The molecule has 0 aromatic heterocycles. The molecule has 2 heterocycles. The second-order valence-electron chi connectivity index (χ2n) is 39.2. The number of nitrogens with zero attached hydrogens (tertiary/aromatic N) is 2. The summed E-state index contributed by atoms with van der Waals surface area (Å²) in [6.07, 6.45) is 0. The zero-order chi connectivity index (χ0) is 76.6. The molecule has 2 aliphatic rings. The van der Waals surface area contributed by atoms with Crippen molar-refractivity contribution in [3.63, 3.8) is 0 Å². The van der Waals surface area contributed by atoms with Gasteiger partial charge in [-0.2, -0.15) is 0 Å². The van der Waals surface area contributed by atoms with Crippen LogP contribution in [-0.4, -0.2) is 6.71 Å². The average Bonchev–Trinajstić information content (AvgIpc) is 0.684. The van der Waals surface area contributed by atoms with Crippen LogP contribution in [0.4, 0.5) is 34.1 Å². The fraction of sp³-hybridized carbons (Fsp3) is 0.308. The van der Waals surface area contributed by atoms with Crippen molar-refractivity contribution in [2.24, 2.45) is 0 Å². The second-order valence-corrected chi connectivity index (χ2v) is 39.2. The van der Waals surface area contributed by atoms with Crippen molar-refractivity contribution in [1.82, 2.24) is 0 Å². The van der Waals surface area contributed by atoms with Gasteiger partial charge in [-0.15, -0.1) is 0 Å². The Hall–Kier alpha value is -9.70. The molecule has 107 heavy (non-hydrogen) atoms. The summed E-state index contributed by atoms with van der Waals surface area (Å²) in [6.45, 7) is 56.6. The predicted octanol–water partition coefficient (Wildman–Crippen LogP) is 27.8. The van der Waals surface area contributed by atoms with Crippen molar-refractivity contribution < 1.29 is 0 Å². The number of benzene rings is 12. The lowest BCUT2D eigenvalue weighted by atomic mass is 9.33. The topological polar surface area (TPSA) is 6.48 Å². The van der Waals surface area contributed by atoms with E-state index >= 15 is 0 Å². The average molecular weight is 1400 g/mol. The number of fused-ring (bicyclic) bond motifs is 4. The molecule has 0 radical (unpaired) electrons. The van der Waals surface area contributed by atoms with Gasteiger partial charge in [0.25, 0.3) is 6.71 Å². The molecule has 0 unspecified atom stereocenters. The monoisotopic (exact) mass is 1400 g/mol. The fourth-order valence-corrected chi connectivity index (χ4v) is 16.2. The standard InChI is InChI=1S/C104H113BN2/c1-97(2,3)75-47-48-82(87(65-75)104(22,23)24)74-57-92-94-93(58-74)107(96-85(68-41-33-27-34-42-68)63-81(103(19,20)21)64-86(96)69-43-35-28-36-44-69)91-50-46-71(73-53-78(100(10,11)12)60-79(54-73)101(13,14)15)56-89(91)105(94)88-55-70(72-51-76(98(4,5)6)59-77(52-72)99(7,8)9)45-49-90(88)106(92)95-83(66-37-29-25-30-38-66)61-80(102(16,17)18)62-84(95)67-39-31-26-32-40-67/h25-65H,1-24H3. The van der Waals surface area contributed by atoms with Gasteiger partial charge in [0.05, 0.1) is 11.4 Å². The molecule has 542 valence electrons. The van der Waals surface area contributed by atoms with E-state index in [1.54, 1.807) is 0 Å². The van der Waals surface area contributed by atoms with Gasteiger partial charge in [-0.05, 0) is 208 Å². The molecule has 0 saturated heterocycles. The molecular formula is C104H113BN2. The SMILES string of the molecule is CC(C)(C)c1cc(-c2ccc3c(c2)B2c4cc(-c5cc(C(C)(C)C)cc(C(C)(C)C)c5)ccc4N(c4c(-c5ccccc5)cc(C(C)(C)C)cc4-c4ccccc4)c4cc(-c5ccc(C(C)(C)C)cc5C(C)(C)C)cc(c42)N3c2c(-c3ccccc3)cc(C(C)(C)C)cc2-c2ccccc2)cc(C(C)(C)C)c1. The van der Waals surface area contributed by atoms with Crippen molar-refractivity contribution >= 4 is 57.2 Å². The van der Waals surface area contributed by atoms with Crippen LogP contribution in [0, 0.1) is 0 Å². The lowest BCUT2D eigenvalue weighted by molar-refractivity contribution is 0.568. The minimum Gasteiger partial charge on any atom is -0.310 e. The fourth-order valence-electron chi connectivity index (χ4n) is 16.2.